The Labute approximate surface area is 135 Å². The molecule has 0 bridgehead atoms. The lowest BCUT2D eigenvalue weighted by atomic mass is 10.1. The average molecular weight is 333 g/mol. The Hall–Kier alpha value is -2.87. The molecule has 3 N–H and O–H groups in total. The normalized spacial score (nSPS) is 10.9. The van der Waals surface area contributed by atoms with Crippen LogP contribution in [0.1, 0.15) is 11.1 Å². The van der Waals surface area contributed by atoms with Crippen molar-refractivity contribution in [1.29, 1.82) is 0 Å². The van der Waals surface area contributed by atoms with Gasteiger partial charge in [0.15, 0.2) is 5.82 Å². The molecular formula is C16H14F3N5. The maximum atomic E-state index is 14.3. The van der Waals surface area contributed by atoms with Gasteiger partial charge in [0.05, 0.1) is 11.4 Å². The van der Waals surface area contributed by atoms with Gasteiger partial charge in [-0.3, -0.25) is 0 Å². The predicted molar refractivity (Wildman–Crippen MR) is 83.6 cm³/mol. The molecule has 0 aliphatic rings. The second-order valence-corrected chi connectivity index (χ2v) is 5.26. The van der Waals surface area contributed by atoms with Crippen molar-refractivity contribution >= 4 is 11.6 Å². The molecule has 0 aliphatic heterocycles. The molecule has 0 amide bonds. The standard InChI is InChI=1S/C16H14F3N5/c1-9-2-10(7-20)15(19)14(3-9)22-16-21-8-24(23-16)13-5-11(17)4-12(18)6-13/h2-6,8H,7,20H2,1H3,(H,22,23). The first-order chi connectivity index (χ1) is 11.5. The number of halogens is 3. The molecule has 3 aromatic rings. The van der Waals surface area contributed by atoms with E-state index >= 15 is 0 Å². The van der Waals surface area contributed by atoms with Gasteiger partial charge in [-0.1, -0.05) is 6.07 Å². The number of nitrogens with two attached hydrogens (primary N) is 1. The first-order valence-corrected chi connectivity index (χ1v) is 7.10. The molecule has 3 rings (SSSR count). The zero-order chi connectivity index (χ0) is 17.3. The lowest BCUT2D eigenvalue weighted by Crippen LogP contribution is -2.05. The fourth-order valence-corrected chi connectivity index (χ4v) is 2.32. The minimum atomic E-state index is -0.729. The average Bonchev–Trinajstić information content (AvgIpc) is 2.98. The van der Waals surface area contributed by atoms with Gasteiger partial charge in [0, 0.05) is 18.2 Å². The number of anilines is 2. The summed E-state index contributed by atoms with van der Waals surface area (Å²) in [6.07, 6.45) is 1.27. The van der Waals surface area contributed by atoms with Crippen molar-refractivity contribution in [3.63, 3.8) is 0 Å². The molecule has 2 aromatic carbocycles. The van der Waals surface area contributed by atoms with Crippen LogP contribution in [0.4, 0.5) is 24.8 Å². The molecule has 1 heterocycles. The molecule has 8 heteroatoms. The highest BCUT2D eigenvalue weighted by Crippen LogP contribution is 2.23. The van der Waals surface area contributed by atoms with Crippen molar-refractivity contribution in [3.05, 3.63) is 65.2 Å². The molecule has 124 valence electrons. The van der Waals surface area contributed by atoms with E-state index in [1.165, 1.54) is 11.0 Å². The van der Waals surface area contributed by atoms with E-state index < -0.39 is 17.5 Å². The topological polar surface area (TPSA) is 68.8 Å². The van der Waals surface area contributed by atoms with Crippen LogP contribution >= 0.6 is 0 Å². The molecular weight excluding hydrogens is 319 g/mol. The third-order valence-corrected chi connectivity index (χ3v) is 3.36. The molecule has 0 atom stereocenters. The van der Waals surface area contributed by atoms with Gasteiger partial charge < -0.3 is 11.1 Å². The smallest absolute Gasteiger partial charge is 0.247 e. The number of aromatic nitrogens is 3. The summed E-state index contributed by atoms with van der Waals surface area (Å²) in [7, 11) is 0. The van der Waals surface area contributed by atoms with Crippen LogP contribution in [-0.2, 0) is 6.54 Å². The van der Waals surface area contributed by atoms with Crippen molar-refractivity contribution in [3.8, 4) is 5.69 Å². The van der Waals surface area contributed by atoms with Crippen molar-refractivity contribution in [2.24, 2.45) is 5.73 Å². The Morgan fingerprint density at radius 3 is 2.46 bits per heavy atom. The summed E-state index contributed by atoms with van der Waals surface area (Å²) in [6.45, 7) is 1.87. The SMILES string of the molecule is Cc1cc(CN)c(F)c(Nc2ncn(-c3cc(F)cc(F)c3)n2)c1. The van der Waals surface area contributed by atoms with Crippen LogP contribution < -0.4 is 11.1 Å². The maximum absolute atomic E-state index is 14.3. The Morgan fingerprint density at radius 1 is 1.08 bits per heavy atom. The second kappa shape index (κ2) is 6.32. The number of aryl methyl sites for hydroxylation is 1. The number of hydrogen-bond donors (Lipinski definition) is 2. The number of rotatable bonds is 4. The van der Waals surface area contributed by atoms with Gasteiger partial charge in [-0.05, 0) is 30.7 Å². The Bertz CT molecular complexity index is 871. The van der Waals surface area contributed by atoms with E-state index in [-0.39, 0.29) is 23.9 Å². The Kier molecular flexibility index (Phi) is 4.22. The van der Waals surface area contributed by atoms with Gasteiger partial charge >= 0.3 is 0 Å². The van der Waals surface area contributed by atoms with Crippen LogP contribution in [0, 0.1) is 24.4 Å². The lowest BCUT2D eigenvalue weighted by Gasteiger charge is -2.09. The van der Waals surface area contributed by atoms with Gasteiger partial charge in [-0.15, -0.1) is 5.10 Å². The maximum Gasteiger partial charge on any atom is 0.247 e. The van der Waals surface area contributed by atoms with Gasteiger partial charge in [0.25, 0.3) is 0 Å². The van der Waals surface area contributed by atoms with Crippen LogP contribution in [0.25, 0.3) is 5.69 Å². The van der Waals surface area contributed by atoms with E-state index in [2.05, 4.69) is 15.4 Å². The molecule has 0 aliphatic carbocycles. The first kappa shape index (κ1) is 16.0. The van der Waals surface area contributed by atoms with Gasteiger partial charge in [0.1, 0.15) is 18.0 Å². The second-order valence-electron chi connectivity index (χ2n) is 5.26. The number of benzene rings is 2. The number of nitrogens with one attached hydrogen (secondary N) is 1. The van der Waals surface area contributed by atoms with Crippen LogP contribution in [0.2, 0.25) is 0 Å². The highest BCUT2D eigenvalue weighted by molar-refractivity contribution is 5.57. The molecule has 0 radical (unpaired) electrons. The van der Waals surface area contributed by atoms with Crippen molar-refractivity contribution in [2.75, 3.05) is 5.32 Å². The third-order valence-electron chi connectivity index (χ3n) is 3.36. The zero-order valence-electron chi connectivity index (χ0n) is 12.7. The quantitative estimate of drug-likeness (QED) is 0.769. The van der Waals surface area contributed by atoms with Gasteiger partial charge in [0.2, 0.25) is 5.95 Å². The first-order valence-electron chi connectivity index (χ1n) is 7.10. The van der Waals surface area contributed by atoms with Gasteiger partial charge in [-0.2, -0.15) is 4.98 Å². The summed E-state index contributed by atoms with van der Waals surface area (Å²) >= 11 is 0. The largest absolute Gasteiger partial charge is 0.326 e. The van der Waals surface area contributed by atoms with Crippen LogP contribution in [0.15, 0.2) is 36.7 Å². The van der Waals surface area contributed by atoms with Crippen molar-refractivity contribution < 1.29 is 13.2 Å². The summed E-state index contributed by atoms with van der Waals surface area (Å²) in [5, 5.41) is 6.79. The summed E-state index contributed by atoms with van der Waals surface area (Å²) < 4.78 is 42.0. The van der Waals surface area contributed by atoms with E-state index in [1.54, 1.807) is 12.1 Å². The molecule has 5 nitrogen and oxygen atoms in total. The number of nitrogens with zero attached hydrogens (tertiary/aromatic N) is 3. The highest BCUT2D eigenvalue weighted by atomic mass is 19.1. The summed E-state index contributed by atoms with van der Waals surface area (Å²) in [6, 6.07) is 6.23. The molecule has 0 saturated heterocycles. The monoisotopic (exact) mass is 333 g/mol. The van der Waals surface area contributed by atoms with E-state index in [0.29, 0.717) is 5.56 Å². The fourth-order valence-electron chi connectivity index (χ4n) is 2.32. The Balaban J connectivity index is 1.91. The van der Waals surface area contributed by atoms with E-state index in [0.717, 1.165) is 23.8 Å². The van der Waals surface area contributed by atoms with Crippen molar-refractivity contribution in [2.45, 2.75) is 13.5 Å². The molecule has 0 fully saturated rings. The van der Waals surface area contributed by atoms with Gasteiger partial charge in [-0.25, -0.2) is 17.9 Å². The van der Waals surface area contributed by atoms with Crippen molar-refractivity contribution in [1.82, 2.24) is 14.8 Å². The molecule has 0 spiro atoms. The van der Waals surface area contributed by atoms with Crippen LogP contribution in [0.3, 0.4) is 0 Å². The predicted octanol–water partition coefficient (Wildman–Crippen LogP) is 3.20. The summed E-state index contributed by atoms with van der Waals surface area (Å²) in [5.74, 6) is -1.86. The zero-order valence-corrected chi connectivity index (χ0v) is 12.7. The minimum absolute atomic E-state index is 0.0621. The molecule has 0 saturated carbocycles. The Morgan fingerprint density at radius 2 is 1.79 bits per heavy atom. The van der Waals surface area contributed by atoms with E-state index in [9.17, 15) is 13.2 Å². The van der Waals surface area contributed by atoms with Crippen LogP contribution in [-0.4, -0.2) is 14.8 Å². The fraction of sp³-hybridized carbons (Fsp3) is 0.125. The lowest BCUT2D eigenvalue weighted by molar-refractivity contribution is 0.580. The summed E-state index contributed by atoms with van der Waals surface area (Å²) in [5.41, 5.74) is 7.05. The molecule has 24 heavy (non-hydrogen) atoms. The molecule has 0 unspecified atom stereocenters. The third kappa shape index (κ3) is 3.23. The van der Waals surface area contributed by atoms with E-state index in [1.807, 2.05) is 6.92 Å². The van der Waals surface area contributed by atoms with E-state index in [4.69, 9.17) is 5.73 Å². The number of hydrogen-bond acceptors (Lipinski definition) is 4. The highest BCUT2D eigenvalue weighted by Gasteiger charge is 2.12. The van der Waals surface area contributed by atoms with Crippen LogP contribution in [0.5, 0.6) is 0 Å². The summed E-state index contributed by atoms with van der Waals surface area (Å²) in [4.78, 5) is 3.97. The molecule has 1 aromatic heterocycles. The minimum Gasteiger partial charge on any atom is -0.326 e.